The molecule has 1 aromatic heterocycles. The molecule has 7 heteroatoms. The van der Waals surface area contributed by atoms with Crippen molar-refractivity contribution in [3.8, 4) is 5.88 Å². The Morgan fingerprint density at radius 3 is 2.50 bits per heavy atom. The summed E-state index contributed by atoms with van der Waals surface area (Å²) in [4.78, 5) is 17.8. The summed E-state index contributed by atoms with van der Waals surface area (Å²) in [7, 11) is 0. The first-order valence-electron chi connectivity index (χ1n) is 8.34. The fourth-order valence-electron chi connectivity index (χ4n) is 2.90. The van der Waals surface area contributed by atoms with E-state index in [4.69, 9.17) is 4.74 Å². The predicted molar refractivity (Wildman–Crippen MR) is 83.5 cm³/mol. The highest BCUT2D eigenvalue weighted by atomic mass is 19.4. The number of likely N-dealkylation sites (tertiary alicyclic amines) is 1. The molecular formula is C17H23F3N2O2. The minimum absolute atomic E-state index is 0.00142. The van der Waals surface area contributed by atoms with Gasteiger partial charge in [0.2, 0.25) is 11.8 Å². The van der Waals surface area contributed by atoms with Gasteiger partial charge in [0.05, 0.1) is 13.1 Å². The molecule has 4 nitrogen and oxygen atoms in total. The molecule has 0 aliphatic carbocycles. The van der Waals surface area contributed by atoms with Crippen molar-refractivity contribution in [2.45, 2.75) is 51.8 Å². The van der Waals surface area contributed by atoms with Crippen LogP contribution in [0, 0.1) is 5.92 Å². The molecule has 2 rings (SSSR count). The third-order valence-electron chi connectivity index (χ3n) is 4.14. The van der Waals surface area contributed by atoms with Crippen molar-refractivity contribution in [1.82, 2.24) is 9.88 Å². The summed E-state index contributed by atoms with van der Waals surface area (Å²) in [6.45, 7) is 4.71. The van der Waals surface area contributed by atoms with Gasteiger partial charge in [-0.15, -0.1) is 0 Å². The zero-order valence-electron chi connectivity index (χ0n) is 14.0. The van der Waals surface area contributed by atoms with E-state index < -0.39 is 23.7 Å². The maximum absolute atomic E-state index is 12.9. The molecule has 0 N–H and O–H groups in total. The minimum atomic E-state index is -4.50. The Labute approximate surface area is 140 Å². The smallest absolute Gasteiger partial charge is 0.421 e. The maximum atomic E-state index is 12.9. The summed E-state index contributed by atoms with van der Waals surface area (Å²) >= 11 is 0. The lowest BCUT2D eigenvalue weighted by atomic mass is 9.95. The Hall–Kier alpha value is -1.79. The van der Waals surface area contributed by atoms with Crippen LogP contribution in [0.5, 0.6) is 5.88 Å². The molecule has 2 heterocycles. The van der Waals surface area contributed by atoms with Gasteiger partial charge in [-0.2, -0.15) is 13.2 Å². The number of carbonyl (C=O) groups is 1. The fraction of sp³-hybridized carbons (Fsp3) is 0.647. The zero-order chi connectivity index (χ0) is 17.7. The van der Waals surface area contributed by atoms with Gasteiger partial charge in [0.25, 0.3) is 0 Å². The number of aromatic nitrogens is 1. The first kappa shape index (κ1) is 18.5. The summed E-state index contributed by atoms with van der Waals surface area (Å²) in [5, 5.41) is 0. The number of nitrogens with zero attached hydrogens (tertiary/aromatic N) is 2. The molecule has 1 aliphatic heterocycles. The number of hydrogen-bond donors (Lipinski definition) is 0. The van der Waals surface area contributed by atoms with Gasteiger partial charge in [-0.3, -0.25) is 4.79 Å². The molecule has 24 heavy (non-hydrogen) atoms. The number of ether oxygens (including phenoxy) is 1. The van der Waals surface area contributed by atoms with E-state index in [1.807, 2.05) is 13.8 Å². The van der Waals surface area contributed by atoms with Crippen molar-refractivity contribution >= 4 is 5.91 Å². The third kappa shape index (κ3) is 4.39. The van der Waals surface area contributed by atoms with E-state index in [2.05, 4.69) is 4.98 Å². The largest absolute Gasteiger partial charge is 0.470 e. The van der Waals surface area contributed by atoms with Crippen LogP contribution in [0.4, 0.5) is 13.2 Å². The highest BCUT2D eigenvalue weighted by Gasteiger charge is 2.39. The molecule has 134 valence electrons. The lowest BCUT2D eigenvalue weighted by Crippen LogP contribution is -2.57. The molecule has 0 bridgehead atoms. The Balaban J connectivity index is 1.93. The Kier molecular flexibility index (Phi) is 6.07. The molecule has 1 saturated heterocycles. The molecule has 1 amide bonds. The zero-order valence-corrected chi connectivity index (χ0v) is 14.0. The fourth-order valence-corrected chi connectivity index (χ4v) is 2.90. The summed E-state index contributed by atoms with van der Waals surface area (Å²) < 4.78 is 44.1. The van der Waals surface area contributed by atoms with Gasteiger partial charge in [-0.1, -0.05) is 26.7 Å². The van der Waals surface area contributed by atoms with Crippen LogP contribution in [0.2, 0.25) is 0 Å². The van der Waals surface area contributed by atoms with Crippen LogP contribution in [0.1, 0.15) is 45.1 Å². The SMILES string of the molecule is CCCC(CCC)C(=O)N1CC(Oc2ncccc2C(F)(F)F)C1. The van der Waals surface area contributed by atoms with Crippen molar-refractivity contribution in [2.75, 3.05) is 13.1 Å². The second-order valence-electron chi connectivity index (χ2n) is 6.11. The second-order valence-corrected chi connectivity index (χ2v) is 6.11. The first-order valence-corrected chi connectivity index (χ1v) is 8.34. The number of halogens is 3. The van der Waals surface area contributed by atoms with Gasteiger partial charge >= 0.3 is 6.18 Å². The molecule has 0 atom stereocenters. The standard InChI is InChI=1S/C17H23F3N2O2/c1-3-6-12(7-4-2)16(23)22-10-13(11-22)24-15-14(17(18,19)20)8-5-9-21-15/h5,8-9,12-13H,3-4,6-7,10-11H2,1-2H3. The summed E-state index contributed by atoms with van der Waals surface area (Å²) in [6, 6.07) is 2.18. The summed E-state index contributed by atoms with van der Waals surface area (Å²) in [6.07, 6.45) is -0.116. The average molecular weight is 344 g/mol. The molecule has 0 spiro atoms. The van der Waals surface area contributed by atoms with Crippen LogP contribution in [0.3, 0.4) is 0 Å². The quantitative estimate of drug-likeness (QED) is 0.753. The van der Waals surface area contributed by atoms with Crippen molar-refractivity contribution in [3.05, 3.63) is 23.9 Å². The second kappa shape index (κ2) is 7.85. The normalized spacial score (nSPS) is 15.5. The van der Waals surface area contributed by atoms with Gasteiger partial charge in [-0.25, -0.2) is 4.98 Å². The van der Waals surface area contributed by atoms with Crippen LogP contribution in [0.15, 0.2) is 18.3 Å². The Bertz CT molecular complexity index is 551. The third-order valence-corrected chi connectivity index (χ3v) is 4.14. The first-order chi connectivity index (χ1) is 11.4. The van der Waals surface area contributed by atoms with Crippen molar-refractivity contribution in [2.24, 2.45) is 5.92 Å². The highest BCUT2D eigenvalue weighted by Crippen LogP contribution is 2.35. The van der Waals surface area contributed by atoms with Crippen LogP contribution >= 0.6 is 0 Å². The molecule has 0 radical (unpaired) electrons. The molecular weight excluding hydrogens is 321 g/mol. The number of hydrogen-bond acceptors (Lipinski definition) is 3. The van der Waals surface area contributed by atoms with Crippen LogP contribution in [0.25, 0.3) is 0 Å². The lowest BCUT2D eigenvalue weighted by Gasteiger charge is -2.40. The van der Waals surface area contributed by atoms with Crippen LogP contribution in [-0.4, -0.2) is 35.0 Å². The van der Waals surface area contributed by atoms with Crippen molar-refractivity contribution in [1.29, 1.82) is 0 Å². The number of alkyl halides is 3. The van der Waals surface area contributed by atoms with E-state index >= 15 is 0 Å². The van der Waals surface area contributed by atoms with E-state index in [-0.39, 0.29) is 11.8 Å². The molecule has 0 saturated carbocycles. The van der Waals surface area contributed by atoms with Gasteiger partial charge < -0.3 is 9.64 Å². The molecule has 0 unspecified atom stereocenters. The molecule has 0 aromatic carbocycles. The monoisotopic (exact) mass is 344 g/mol. The van der Waals surface area contributed by atoms with Gasteiger partial charge in [0.1, 0.15) is 11.7 Å². The Morgan fingerprint density at radius 2 is 1.96 bits per heavy atom. The summed E-state index contributed by atoms with van der Waals surface area (Å²) in [5.74, 6) is -0.335. The predicted octanol–water partition coefficient (Wildman–Crippen LogP) is 3.91. The van der Waals surface area contributed by atoms with Gasteiger partial charge in [0.15, 0.2) is 0 Å². The minimum Gasteiger partial charge on any atom is -0.470 e. The van der Waals surface area contributed by atoms with E-state index in [9.17, 15) is 18.0 Å². The number of amides is 1. The van der Waals surface area contributed by atoms with E-state index in [1.54, 1.807) is 4.90 Å². The molecule has 1 aromatic rings. The molecule has 1 fully saturated rings. The highest BCUT2D eigenvalue weighted by molar-refractivity contribution is 5.79. The lowest BCUT2D eigenvalue weighted by molar-refractivity contribution is -0.148. The van der Waals surface area contributed by atoms with Gasteiger partial charge in [-0.05, 0) is 25.0 Å². The summed E-state index contributed by atoms with van der Waals surface area (Å²) in [5.41, 5.74) is -0.885. The maximum Gasteiger partial charge on any atom is 0.421 e. The van der Waals surface area contributed by atoms with Gasteiger partial charge in [0, 0.05) is 12.1 Å². The van der Waals surface area contributed by atoms with Crippen LogP contribution < -0.4 is 4.74 Å². The average Bonchev–Trinajstić information content (AvgIpc) is 2.49. The van der Waals surface area contributed by atoms with Crippen molar-refractivity contribution < 1.29 is 22.7 Å². The number of pyridine rings is 1. The van der Waals surface area contributed by atoms with E-state index in [0.717, 1.165) is 31.7 Å². The van der Waals surface area contributed by atoms with E-state index in [1.165, 1.54) is 12.3 Å². The van der Waals surface area contributed by atoms with Crippen molar-refractivity contribution in [3.63, 3.8) is 0 Å². The van der Waals surface area contributed by atoms with Crippen LogP contribution in [-0.2, 0) is 11.0 Å². The van der Waals surface area contributed by atoms with E-state index in [0.29, 0.717) is 13.1 Å². The Morgan fingerprint density at radius 1 is 1.33 bits per heavy atom. The number of rotatable bonds is 7. The molecule has 1 aliphatic rings. The number of carbonyl (C=O) groups excluding carboxylic acids is 1. The topological polar surface area (TPSA) is 42.4 Å².